The summed E-state index contributed by atoms with van der Waals surface area (Å²) in [5, 5.41) is 1.71. The molecule has 0 atom stereocenters. The Labute approximate surface area is 140 Å². The highest BCUT2D eigenvalue weighted by Gasteiger charge is 2.13. The van der Waals surface area contributed by atoms with Gasteiger partial charge in [0.15, 0.2) is 0 Å². The predicted molar refractivity (Wildman–Crippen MR) is 88.4 cm³/mol. The summed E-state index contributed by atoms with van der Waals surface area (Å²) in [4.78, 5) is 8.80. The third-order valence-electron chi connectivity index (χ3n) is 2.66. The van der Waals surface area contributed by atoms with Crippen molar-refractivity contribution in [2.45, 2.75) is 19.8 Å². The van der Waals surface area contributed by atoms with Crippen molar-refractivity contribution in [2.24, 2.45) is 0 Å². The fourth-order valence-corrected chi connectivity index (χ4v) is 3.04. The average molecular weight is 428 g/mol. The minimum Gasteiger partial charge on any atom is -0.236 e. The van der Waals surface area contributed by atoms with E-state index in [-0.39, 0.29) is 0 Å². The second kappa shape index (κ2) is 6.57. The van der Waals surface area contributed by atoms with Gasteiger partial charge in [0, 0.05) is 16.5 Å². The van der Waals surface area contributed by atoms with E-state index in [0.29, 0.717) is 27.4 Å². The summed E-state index contributed by atoms with van der Waals surface area (Å²) in [7, 11) is 0. The predicted octanol–water partition coefficient (Wildman–Crippen LogP) is 5.19. The molecule has 1 heterocycles. The highest BCUT2D eigenvalue weighted by atomic mass is 127. The first kappa shape index (κ1) is 15.3. The van der Waals surface area contributed by atoms with Crippen LogP contribution in [0, 0.1) is 3.57 Å². The first-order valence-corrected chi connectivity index (χ1v) is 7.87. The van der Waals surface area contributed by atoms with Crippen LogP contribution < -0.4 is 0 Å². The van der Waals surface area contributed by atoms with E-state index in [0.717, 1.165) is 21.2 Å². The van der Waals surface area contributed by atoms with Gasteiger partial charge in [-0.2, -0.15) is 0 Å². The van der Waals surface area contributed by atoms with E-state index in [1.807, 2.05) is 13.0 Å². The lowest BCUT2D eigenvalue weighted by molar-refractivity contribution is 0.895. The summed E-state index contributed by atoms with van der Waals surface area (Å²) < 4.78 is 0.899. The summed E-state index contributed by atoms with van der Waals surface area (Å²) in [6, 6.07) is 5.42. The molecule has 19 heavy (non-hydrogen) atoms. The molecule has 0 saturated heterocycles. The molecule has 0 fully saturated rings. The van der Waals surface area contributed by atoms with Crippen LogP contribution in [-0.2, 0) is 12.8 Å². The fourth-order valence-electron chi connectivity index (χ4n) is 1.68. The first-order chi connectivity index (χ1) is 9.02. The number of nitrogens with zero attached hydrogens (tertiary/aromatic N) is 2. The standard InChI is InChI=1S/C13H10Cl3IN2/c1-2-10-12(17)13(16)19-11(18-10)6-7-8(14)4-3-5-9(7)15/h3-5H,2,6H2,1H3. The van der Waals surface area contributed by atoms with Gasteiger partial charge in [-0.15, -0.1) is 0 Å². The molecular formula is C13H10Cl3IN2. The molecule has 1 aromatic heterocycles. The third-order valence-corrected chi connectivity index (χ3v) is 5.09. The van der Waals surface area contributed by atoms with Gasteiger partial charge in [0.25, 0.3) is 0 Å². The zero-order chi connectivity index (χ0) is 14.0. The highest BCUT2D eigenvalue weighted by Crippen LogP contribution is 2.27. The number of hydrogen-bond donors (Lipinski definition) is 0. The monoisotopic (exact) mass is 426 g/mol. The van der Waals surface area contributed by atoms with Crippen LogP contribution in [0.25, 0.3) is 0 Å². The van der Waals surface area contributed by atoms with Gasteiger partial charge >= 0.3 is 0 Å². The quantitative estimate of drug-likeness (QED) is 0.497. The van der Waals surface area contributed by atoms with Gasteiger partial charge in [-0.1, -0.05) is 47.8 Å². The van der Waals surface area contributed by atoms with Crippen molar-refractivity contribution in [3.05, 3.63) is 54.0 Å². The maximum Gasteiger partial charge on any atom is 0.146 e. The van der Waals surface area contributed by atoms with Crippen molar-refractivity contribution in [2.75, 3.05) is 0 Å². The minimum absolute atomic E-state index is 0.474. The van der Waals surface area contributed by atoms with Crippen molar-refractivity contribution in [1.29, 1.82) is 0 Å². The SMILES string of the molecule is CCc1nc(Cc2c(Cl)cccc2Cl)nc(Cl)c1I. The number of aromatic nitrogens is 2. The number of benzene rings is 1. The summed E-state index contributed by atoms with van der Waals surface area (Å²) in [6.07, 6.45) is 1.28. The Balaban J connectivity index is 2.41. The molecule has 1 aromatic carbocycles. The average Bonchev–Trinajstić information content (AvgIpc) is 2.38. The van der Waals surface area contributed by atoms with Gasteiger partial charge in [0.1, 0.15) is 11.0 Å². The molecule has 0 unspecified atom stereocenters. The Hall–Kier alpha value is -0.100. The van der Waals surface area contributed by atoms with E-state index in [4.69, 9.17) is 34.8 Å². The maximum absolute atomic E-state index is 6.15. The maximum atomic E-state index is 6.15. The van der Waals surface area contributed by atoms with Gasteiger partial charge in [-0.3, -0.25) is 0 Å². The Morgan fingerprint density at radius 3 is 2.32 bits per heavy atom. The summed E-state index contributed by atoms with van der Waals surface area (Å²) in [5.41, 5.74) is 1.77. The van der Waals surface area contributed by atoms with Crippen molar-refractivity contribution >= 4 is 57.4 Å². The van der Waals surface area contributed by atoms with E-state index in [2.05, 4.69) is 32.6 Å². The third kappa shape index (κ3) is 3.51. The minimum atomic E-state index is 0.474. The first-order valence-electron chi connectivity index (χ1n) is 5.66. The Kier molecular flexibility index (Phi) is 5.29. The number of aryl methyl sites for hydroxylation is 1. The van der Waals surface area contributed by atoms with Crippen LogP contribution in [0.1, 0.15) is 24.0 Å². The van der Waals surface area contributed by atoms with Gasteiger partial charge < -0.3 is 0 Å². The molecule has 2 nitrogen and oxygen atoms in total. The molecule has 0 aliphatic carbocycles. The smallest absolute Gasteiger partial charge is 0.146 e. The molecule has 0 radical (unpaired) electrons. The number of hydrogen-bond acceptors (Lipinski definition) is 2. The van der Waals surface area contributed by atoms with Crippen LogP contribution in [0.2, 0.25) is 15.2 Å². The molecule has 0 spiro atoms. The lowest BCUT2D eigenvalue weighted by Gasteiger charge is -2.09. The molecule has 6 heteroatoms. The van der Waals surface area contributed by atoms with Crippen LogP contribution in [0.15, 0.2) is 18.2 Å². The zero-order valence-corrected chi connectivity index (χ0v) is 14.5. The Morgan fingerprint density at radius 1 is 1.11 bits per heavy atom. The highest BCUT2D eigenvalue weighted by molar-refractivity contribution is 14.1. The van der Waals surface area contributed by atoms with E-state index in [1.54, 1.807) is 12.1 Å². The van der Waals surface area contributed by atoms with E-state index < -0.39 is 0 Å². The van der Waals surface area contributed by atoms with Crippen molar-refractivity contribution < 1.29 is 0 Å². The van der Waals surface area contributed by atoms with Gasteiger partial charge in [-0.05, 0) is 46.7 Å². The van der Waals surface area contributed by atoms with Gasteiger partial charge in [-0.25, -0.2) is 9.97 Å². The largest absolute Gasteiger partial charge is 0.236 e. The molecule has 0 N–H and O–H groups in total. The van der Waals surface area contributed by atoms with E-state index in [1.165, 1.54) is 0 Å². The Bertz CT molecular complexity index is 597. The number of halogens is 4. The second-order valence-electron chi connectivity index (χ2n) is 3.92. The van der Waals surface area contributed by atoms with E-state index >= 15 is 0 Å². The van der Waals surface area contributed by atoms with Crippen LogP contribution in [0.5, 0.6) is 0 Å². The molecular weight excluding hydrogens is 417 g/mol. The van der Waals surface area contributed by atoms with Crippen LogP contribution in [0.4, 0.5) is 0 Å². The number of rotatable bonds is 3. The molecule has 0 aliphatic rings. The summed E-state index contributed by atoms with van der Waals surface area (Å²) in [6.45, 7) is 2.03. The molecule has 0 bridgehead atoms. The normalized spacial score (nSPS) is 10.8. The molecule has 0 amide bonds. The second-order valence-corrected chi connectivity index (χ2v) is 6.17. The van der Waals surface area contributed by atoms with Gasteiger partial charge in [0.2, 0.25) is 0 Å². The molecule has 2 aromatic rings. The molecule has 0 aliphatic heterocycles. The van der Waals surface area contributed by atoms with Crippen LogP contribution >= 0.6 is 57.4 Å². The molecule has 2 rings (SSSR count). The van der Waals surface area contributed by atoms with Crippen molar-refractivity contribution in [3.63, 3.8) is 0 Å². The summed E-state index contributed by atoms with van der Waals surface area (Å²) >= 11 is 20.6. The van der Waals surface area contributed by atoms with Crippen LogP contribution in [-0.4, -0.2) is 9.97 Å². The molecule has 0 saturated carbocycles. The Morgan fingerprint density at radius 2 is 1.74 bits per heavy atom. The van der Waals surface area contributed by atoms with Gasteiger partial charge in [0.05, 0.1) is 9.26 Å². The van der Waals surface area contributed by atoms with Crippen molar-refractivity contribution in [3.8, 4) is 0 Å². The lowest BCUT2D eigenvalue weighted by Crippen LogP contribution is -2.04. The van der Waals surface area contributed by atoms with E-state index in [9.17, 15) is 0 Å². The summed E-state index contributed by atoms with van der Waals surface area (Å²) in [5.74, 6) is 0.636. The lowest BCUT2D eigenvalue weighted by atomic mass is 10.1. The topological polar surface area (TPSA) is 25.8 Å². The van der Waals surface area contributed by atoms with Crippen LogP contribution in [0.3, 0.4) is 0 Å². The molecule has 100 valence electrons. The van der Waals surface area contributed by atoms with Crippen molar-refractivity contribution in [1.82, 2.24) is 9.97 Å². The zero-order valence-electron chi connectivity index (χ0n) is 10.1. The fraction of sp³-hybridized carbons (Fsp3) is 0.231.